The van der Waals surface area contributed by atoms with E-state index in [0.717, 1.165) is 5.56 Å². The normalized spacial score (nSPS) is 12.6. The summed E-state index contributed by atoms with van der Waals surface area (Å²) < 4.78 is 12.5. The van der Waals surface area contributed by atoms with Crippen molar-refractivity contribution in [3.63, 3.8) is 0 Å². The first-order valence-electron chi connectivity index (χ1n) is 9.31. The molecule has 4 rings (SSSR count). The van der Waals surface area contributed by atoms with Crippen molar-refractivity contribution in [1.29, 1.82) is 0 Å². The first-order chi connectivity index (χ1) is 14.6. The van der Waals surface area contributed by atoms with E-state index in [1.54, 1.807) is 12.1 Å². The lowest BCUT2D eigenvalue weighted by Crippen LogP contribution is -2.20. The number of carbonyl (C=O) groups is 1. The number of rotatable bonds is 7. The Labute approximate surface area is 181 Å². The number of carbonyl (C=O) groups excluding carboxylic acids is 1. The zero-order valence-corrected chi connectivity index (χ0v) is 17.5. The van der Waals surface area contributed by atoms with E-state index in [1.807, 2.05) is 30.3 Å². The van der Waals surface area contributed by atoms with Crippen LogP contribution in [0.5, 0.6) is 11.5 Å². The van der Waals surface area contributed by atoms with Gasteiger partial charge < -0.3 is 14.8 Å². The zero-order chi connectivity index (χ0) is 20.9. The van der Waals surface area contributed by atoms with Crippen LogP contribution >= 0.6 is 23.4 Å². The number of aromatic amines is 1. The van der Waals surface area contributed by atoms with Crippen molar-refractivity contribution in [2.45, 2.75) is 18.1 Å². The number of aromatic nitrogens is 3. The SMILES string of the molecule is O=C(CSc1n[nH]c(=O)n1CCc1ccccc1)Nc1cc2c(cc1Cl)OCCO2. The Hall–Kier alpha value is -2.91. The molecule has 156 valence electrons. The molecule has 0 bridgehead atoms. The van der Waals surface area contributed by atoms with E-state index in [0.29, 0.717) is 53.5 Å². The molecule has 8 nitrogen and oxygen atoms in total. The Bertz CT molecular complexity index is 1100. The van der Waals surface area contributed by atoms with E-state index in [-0.39, 0.29) is 17.3 Å². The van der Waals surface area contributed by atoms with Crippen molar-refractivity contribution < 1.29 is 14.3 Å². The highest BCUT2D eigenvalue weighted by Gasteiger charge is 2.17. The van der Waals surface area contributed by atoms with Gasteiger partial charge in [-0.3, -0.25) is 9.36 Å². The van der Waals surface area contributed by atoms with Gasteiger partial charge in [0, 0.05) is 18.7 Å². The maximum Gasteiger partial charge on any atom is 0.343 e. The fourth-order valence-electron chi connectivity index (χ4n) is 2.97. The van der Waals surface area contributed by atoms with Crippen LogP contribution in [0.3, 0.4) is 0 Å². The number of nitrogens with one attached hydrogen (secondary N) is 2. The first-order valence-corrected chi connectivity index (χ1v) is 10.7. The molecule has 3 aromatic rings. The van der Waals surface area contributed by atoms with Crippen LogP contribution in [-0.4, -0.2) is 39.6 Å². The quantitative estimate of drug-likeness (QED) is 0.541. The van der Waals surface area contributed by atoms with Crippen molar-refractivity contribution in [3.05, 3.63) is 63.5 Å². The highest BCUT2D eigenvalue weighted by atomic mass is 35.5. The molecule has 0 spiro atoms. The third kappa shape index (κ3) is 4.80. The van der Waals surface area contributed by atoms with Gasteiger partial charge in [0.15, 0.2) is 16.7 Å². The number of amides is 1. The molecule has 30 heavy (non-hydrogen) atoms. The van der Waals surface area contributed by atoms with Gasteiger partial charge in [-0.2, -0.15) is 0 Å². The second-order valence-electron chi connectivity index (χ2n) is 6.51. The number of H-pyrrole nitrogens is 1. The Morgan fingerprint density at radius 3 is 2.70 bits per heavy atom. The summed E-state index contributed by atoms with van der Waals surface area (Å²) in [6.07, 6.45) is 0.687. The van der Waals surface area contributed by atoms with E-state index >= 15 is 0 Å². The number of thioether (sulfide) groups is 1. The number of hydrogen-bond acceptors (Lipinski definition) is 6. The third-order valence-corrected chi connectivity index (χ3v) is 5.72. The van der Waals surface area contributed by atoms with Crippen molar-refractivity contribution in [1.82, 2.24) is 14.8 Å². The van der Waals surface area contributed by atoms with Crippen LogP contribution < -0.4 is 20.5 Å². The van der Waals surface area contributed by atoms with Crippen molar-refractivity contribution in [3.8, 4) is 11.5 Å². The first kappa shape index (κ1) is 20.4. The summed E-state index contributed by atoms with van der Waals surface area (Å²) in [5.74, 6) is 0.886. The lowest BCUT2D eigenvalue weighted by molar-refractivity contribution is -0.113. The maximum absolute atomic E-state index is 12.4. The van der Waals surface area contributed by atoms with E-state index in [2.05, 4.69) is 15.5 Å². The molecule has 0 atom stereocenters. The summed E-state index contributed by atoms with van der Waals surface area (Å²) in [5.41, 5.74) is 1.26. The van der Waals surface area contributed by atoms with Crippen LogP contribution in [0, 0.1) is 0 Å². The molecule has 0 unspecified atom stereocenters. The smallest absolute Gasteiger partial charge is 0.343 e. The molecule has 1 aromatic heterocycles. The fourth-order valence-corrected chi connectivity index (χ4v) is 3.95. The van der Waals surface area contributed by atoms with Crippen molar-refractivity contribution in [2.75, 3.05) is 24.3 Å². The third-order valence-electron chi connectivity index (χ3n) is 4.43. The molecular weight excluding hydrogens is 428 g/mol. The molecule has 0 aliphatic carbocycles. The van der Waals surface area contributed by atoms with E-state index < -0.39 is 0 Å². The minimum Gasteiger partial charge on any atom is -0.486 e. The molecule has 10 heteroatoms. The number of benzene rings is 2. The lowest BCUT2D eigenvalue weighted by atomic mass is 10.1. The molecule has 1 aliphatic rings. The Kier molecular flexibility index (Phi) is 6.29. The molecule has 1 amide bonds. The number of nitrogens with zero attached hydrogens (tertiary/aromatic N) is 2. The van der Waals surface area contributed by atoms with Crippen LogP contribution in [0.2, 0.25) is 5.02 Å². The molecule has 2 heterocycles. The number of aryl methyl sites for hydroxylation is 1. The van der Waals surface area contributed by atoms with E-state index in [4.69, 9.17) is 21.1 Å². The Morgan fingerprint density at radius 1 is 1.20 bits per heavy atom. The number of hydrogen-bond donors (Lipinski definition) is 2. The molecule has 0 saturated heterocycles. The summed E-state index contributed by atoms with van der Waals surface area (Å²) in [4.78, 5) is 24.5. The van der Waals surface area contributed by atoms with Gasteiger partial charge in [-0.15, -0.1) is 5.10 Å². The van der Waals surface area contributed by atoms with E-state index in [9.17, 15) is 9.59 Å². The average Bonchev–Trinajstić information content (AvgIpc) is 3.11. The minimum absolute atomic E-state index is 0.0698. The summed E-state index contributed by atoms with van der Waals surface area (Å²) in [7, 11) is 0. The predicted molar refractivity (Wildman–Crippen MR) is 115 cm³/mol. The molecule has 1 aliphatic heterocycles. The number of halogens is 1. The van der Waals surface area contributed by atoms with Crippen LogP contribution in [-0.2, 0) is 17.8 Å². The van der Waals surface area contributed by atoms with Gasteiger partial charge in [0.1, 0.15) is 13.2 Å². The van der Waals surface area contributed by atoms with Gasteiger partial charge in [0.2, 0.25) is 5.91 Å². The van der Waals surface area contributed by atoms with Crippen LogP contribution in [0.4, 0.5) is 5.69 Å². The van der Waals surface area contributed by atoms with Crippen LogP contribution in [0.1, 0.15) is 5.56 Å². The highest BCUT2D eigenvalue weighted by Crippen LogP contribution is 2.38. The molecular formula is C20H19ClN4O4S. The summed E-state index contributed by atoms with van der Waals surface area (Å²) in [5, 5.41) is 10.0. The van der Waals surface area contributed by atoms with Gasteiger partial charge in [-0.1, -0.05) is 53.7 Å². The van der Waals surface area contributed by atoms with Gasteiger partial charge in [0.05, 0.1) is 16.5 Å². The molecule has 0 radical (unpaired) electrons. The van der Waals surface area contributed by atoms with Gasteiger partial charge in [-0.05, 0) is 12.0 Å². The number of anilines is 1. The zero-order valence-electron chi connectivity index (χ0n) is 15.9. The number of fused-ring (bicyclic) bond motifs is 1. The van der Waals surface area contributed by atoms with Gasteiger partial charge in [-0.25, -0.2) is 9.89 Å². The summed E-state index contributed by atoms with van der Waals surface area (Å²) in [6, 6.07) is 13.1. The molecule has 2 aromatic carbocycles. The molecule has 0 saturated carbocycles. The summed E-state index contributed by atoms with van der Waals surface area (Å²) >= 11 is 7.41. The predicted octanol–water partition coefficient (Wildman–Crippen LogP) is 2.97. The standard InChI is InChI=1S/C20H19ClN4O4S/c21-14-10-16-17(29-9-8-28-16)11-15(14)22-18(26)12-30-20-24-23-19(27)25(20)7-6-13-4-2-1-3-5-13/h1-5,10-11H,6-9,12H2,(H,22,26)(H,23,27). The average molecular weight is 447 g/mol. The van der Waals surface area contributed by atoms with Crippen LogP contribution in [0.25, 0.3) is 0 Å². The minimum atomic E-state index is -0.302. The summed E-state index contributed by atoms with van der Waals surface area (Å²) in [6.45, 7) is 1.37. The Morgan fingerprint density at radius 2 is 1.93 bits per heavy atom. The second-order valence-corrected chi connectivity index (χ2v) is 7.86. The lowest BCUT2D eigenvalue weighted by Gasteiger charge is -2.20. The van der Waals surface area contributed by atoms with Gasteiger partial charge >= 0.3 is 5.69 Å². The largest absolute Gasteiger partial charge is 0.486 e. The molecule has 0 fully saturated rings. The number of ether oxygens (including phenoxy) is 2. The van der Waals surface area contributed by atoms with Crippen molar-refractivity contribution in [2.24, 2.45) is 0 Å². The Balaban J connectivity index is 1.37. The van der Waals surface area contributed by atoms with Gasteiger partial charge in [0.25, 0.3) is 0 Å². The fraction of sp³-hybridized carbons (Fsp3) is 0.250. The van der Waals surface area contributed by atoms with E-state index in [1.165, 1.54) is 16.3 Å². The van der Waals surface area contributed by atoms with Crippen molar-refractivity contribution >= 4 is 35.0 Å². The monoisotopic (exact) mass is 446 g/mol. The topological polar surface area (TPSA) is 98.2 Å². The highest BCUT2D eigenvalue weighted by molar-refractivity contribution is 7.99. The maximum atomic E-state index is 12.4. The second kappa shape index (κ2) is 9.27. The molecule has 2 N–H and O–H groups in total. The van der Waals surface area contributed by atoms with Crippen LogP contribution in [0.15, 0.2) is 52.4 Å².